The van der Waals surface area contributed by atoms with Gasteiger partial charge in [-0.05, 0) is 42.9 Å². The zero-order valence-corrected chi connectivity index (χ0v) is 13.6. The van der Waals surface area contributed by atoms with E-state index in [0.717, 1.165) is 18.5 Å². The van der Waals surface area contributed by atoms with Gasteiger partial charge in [0.1, 0.15) is 0 Å². The minimum Gasteiger partial charge on any atom is -0.393 e. The van der Waals surface area contributed by atoms with E-state index in [4.69, 9.17) is 0 Å². The molecule has 5 heteroatoms. The third kappa shape index (κ3) is 4.63. The van der Waals surface area contributed by atoms with E-state index in [-0.39, 0.29) is 12.1 Å². The van der Waals surface area contributed by atoms with Crippen molar-refractivity contribution in [2.24, 2.45) is 0 Å². The summed E-state index contributed by atoms with van der Waals surface area (Å²) in [4.78, 5) is 14.0. The number of nitrogens with one attached hydrogen (secondary N) is 2. The molecule has 0 spiro atoms. The molecule has 0 fully saturated rings. The molecule has 1 aromatic carbocycles. The molecular formula is C17H27N3O2. The maximum atomic E-state index is 11.7. The highest BCUT2D eigenvalue weighted by Crippen LogP contribution is 2.26. The van der Waals surface area contributed by atoms with Gasteiger partial charge in [0.05, 0.1) is 6.10 Å². The number of hydrogen-bond acceptors (Lipinski definition) is 3. The number of anilines is 1. The molecule has 5 nitrogen and oxygen atoms in total. The van der Waals surface area contributed by atoms with Gasteiger partial charge in [-0.15, -0.1) is 0 Å². The second-order valence-corrected chi connectivity index (χ2v) is 5.95. The van der Waals surface area contributed by atoms with Crippen molar-refractivity contribution < 1.29 is 9.90 Å². The molecule has 1 aliphatic heterocycles. The third-order valence-corrected chi connectivity index (χ3v) is 4.18. The standard InChI is InChI=1S/C17H27N3O2/c1-3-15(21)8-9-18-17(22)19-12-13-6-7-16-14(11-13)5-4-10-20(16)2/h6-7,11,15,21H,3-5,8-10,12H2,1-2H3,(H2,18,19,22). The summed E-state index contributed by atoms with van der Waals surface area (Å²) >= 11 is 0. The molecule has 3 N–H and O–H groups in total. The molecule has 1 aliphatic rings. The van der Waals surface area contributed by atoms with Gasteiger partial charge >= 0.3 is 6.03 Å². The monoisotopic (exact) mass is 305 g/mol. The van der Waals surface area contributed by atoms with Crippen molar-refractivity contribution in [3.63, 3.8) is 0 Å². The molecule has 2 rings (SSSR count). The highest BCUT2D eigenvalue weighted by atomic mass is 16.3. The van der Waals surface area contributed by atoms with Crippen molar-refractivity contribution in [3.05, 3.63) is 29.3 Å². The van der Waals surface area contributed by atoms with E-state index in [9.17, 15) is 9.90 Å². The van der Waals surface area contributed by atoms with Gasteiger partial charge in [-0.25, -0.2) is 4.79 Å². The van der Waals surface area contributed by atoms with Crippen LogP contribution in [0.15, 0.2) is 18.2 Å². The molecule has 0 aliphatic carbocycles. The number of aliphatic hydroxyl groups is 1. The Kier molecular flexibility index (Phi) is 6.07. The van der Waals surface area contributed by atoms with Gasteiger partial charge in [-0.3, -0.25) is 0 Å². The Morgan fingerprint density at radius 2 is 2.23 bits per heavy atom. The Bertz CT molecular complexity index is 505. The molecule has 1 aromatic rings. The van der Waals surface area contributed by atoms with E-state index in [2.05, 4.69) is 40.8 Å². The summed E-state index contributed by atoms with van der Waals surface area (Å²) in [6.07, 6.45) is 3.26. The second kappa shape index (κ2) is 8.03. The van der Waals surface area contributed by atoms with Gasteiger partial charge in [-0.1, -0.05) is 19.1 Å². The van der Waals surface area contributed by atoms with E-state index in [0.29, 0.717) is 25.9 Å². The number of carbonyl (C=O) groups excluding carboxylic acids is 1. The fourth-order valence-electron chi connectivity index (χ4n) is 2.75. The third-order valence-electron chi connectivity index (χ3n) is 4.18. The molecule has 0 radical (unpaired) electrons. The minimum atomic E-state index is -0.335. The molecular weight excluding hydrogens is 278 g/mol. The fraction of sp³-hybridized carbons (Fsp3) is 0.588. The summed E-state index contributed by atoms with van der Waals surface area (Å²) in [5, 5.41) is 15.1. The number of amides is 2. The topological polar surface area (TPSA) is 64.6 Å². The lowest BCUT2D eigenvalue weighted by atomic mass is 9.99. The van der Waals surface area contributed by atoms with Crippen LogP contribution >= 0.6 is 0 Å². The highest BCUT2D eigenvalue weighted by Gasteiger charge is 2.13. The summed E-state index contributed by atoms with van der Waals surface area (Å²) in [6.45, 7) is 4.06. The van der Waals surface area contributed by atoms with Crippen LogP contribution in [0.3, 0.4) is 0 Å². The van der Waals surface area contributed by atoms with Crippen molar-refractivity contribution >= 4 is 11.7 Å². The molecule has 0 aromatic heterocycles. The average Bonchev–Trinajstić information content (AvgIpc) is 2.53. The molecule has 1 heterocycles. The molecule has 1 unspecified atom stereocenters. The van der Waals surface area contributed by atoms with Crippen LogP contribution in [0.1, 0.15) is 37.3 Å². The summed E-state index contributed by atoms with van der Waals surface area (Å²) < 4.78 is 0. The summed E-state index contributed by atoms with van der Waals surface area (Å²) in [5.41, 5.74) is 3.78. The van der Waals surface area contributed by atoms with Crippen LogP contribution in [0.4, 0.5) is 10.5 Å². The zero-order valence-electron chi connectivity index (χ0n) is 13.6. The van der Waals surface area contributed by atoms with Crippen LogP contribution in [0, 0.1) is 0 Å². The van der Waals surface area contributed by atoms with E-state index in [1.165, 1.54) is 17.7 Å². The number of carbonyl (C=O) groups is 1. The predicted molar refractivity (Wildman–Crippen MR) is 89.2 cm³/mol. The zero-order chi connectivity index (χ0) is 15.9. The number of rotatable bonds is 6. The quantitative estimate of drug-likeness (QED) is 0.753. The lowest BCUT2D eigenvalue weighted by Crippen LogP contribution is -2.36. The van der Waals surface area contributed by atoms with Crippen LogP contribution in [-0.2, 0) is 13.0 Å². The van der Waals surface area contributed by atoms with Crippen LogP contribution in [0.2, 0.25) is 0 Å². The normalized spacial score (nSPS) is 15.1. The molecule has 22 heavy (non-hydrogen) atoms. The van der Waals surface area contributed by atoms with E-state index < -0.39 is 0 Å². The first-order valence-corrected chi connectivity index (χ1v) is 8.13. The SMILES string of the molecule is CCC(O)CCNC(=O)NCc1ccc2c(c1)CCCN2C. The van der Waals surface area contributed by atoms with Gasteiger partial charge in [0.2, 0.25) is 0 Å². The highest BCUT2D eigenvalue weighted by molar-refractivity contribution is 5.73. The largest absolute Gasteiger partial charge is 0.393 e. The van der Waals surface area contributed by atoms with Gasteiger partial charge in [0.15, 0.2) is 0 Å². The minimum absolute atomic E-state index is 0.182. The summed E-state index contributed by atoms with van der Waals surface area (Å²) in [5.74, 6) is 0. The van der Waals surface area contributed by atoms with Crippen molar-refractivity contribution in [1.82, 2.24) is 10.6 Å². The van der Waals surface area contributed by atoms with Crippen molar-refractivity contribution in [2.75, 3.05) is 25.0 Å². The van der Waals surface area contributed by atoms with E-state index in [1.54, 1.807) is 0 Å². The van der Waals surface area contributed by atoms with Crippen molar-refractivity contribution in [3.8, 4) is 0 Å². The summed E-state index contributed by atoms with van der Waals surface area (Å²) in [7, 11) is 2.12. The first kappa shape index (κ1) is 16.6. The molecule has 122 valence electrons. The Morgan fingerprint density at radius 1 is 1.41 bits per heavy atom. The Balaban J connectivity index is 1.78. The van der Waals surface area contributed by atoms with Gasteiger partial charge in [0, 0.05) is 32.4 Å². The molecule has 2 amide bonds. The number of benzene rings is 1. The molecule has 0 saturated carbocycles. The van der Waals surface area contributed by atoms with E-state index in [1.807, 2.05) is 6.92 Å². The van der Waals surface area contributed by atoms with Crippen molar-refractivity contribution in [1.29, 1.82) is 0 Å². The predicted octanol–water partition coefficient (Wildman–Crippen LogP) is 2.03. The van der Waals surface area contributed by atoms with Gasteiger partial charge < -0.3 is 20.6 Å². The lowest BCUT2D eigenvalue weighted by molar-refractivity contribution is 0.160. The Morgan fingerprint density at radius 3 is 3.00 bits per heavy atom. The van der Waals surface area contributed by atoms with Crippen LogP contribution < -0.4 is 15.5 Å². The number of fused-ring (bicyclic) bond motifs is 1. The summed E-state index contributed by atoms with van der Waals surface area (Å²) in [6, 6.07) is 6.22. The fourth-order valence-corrected chi connectivity index (χ4v) is 2.75. The van der Waals surface area contributed by atoms with Crippen LogP contribution in [0.5, 0.6) is 0 Å². The smallest absolute Gasteiger partial charge is 0.315 e. The Labute approximate surface area is 132 Å². The number of aryl methyl sites for hydroxylation is 1. The molecule has 1 atom stereocenters. The second-order valence-electron chi connectivity index (χ2n) is 5.95. The van der Waals surface area contributed by atoms with Gasteiger partial charge in [0.25, 0.3) is 0 Å². The average molecular weight is 305 g/mol. The number of hydrogen-bond donors (Lipinski definition) is 3. The maximum absolute atomic E-state index is 11.7. The maximum Gasteiger partial charge on any atom is 0.315 e. The van der Waals surface area contributed by atoms with E-state index >= 15 is 0 Å². The molecule has 0 bridgehead atoms. The molecule has 0 saturated heterocycles. The first-order chi connectivity index (χ1) is 10.6. The Hall–Kier alpha value is -1.75. The van der Waals surface area contributed by atoms with Crippen molar-refractivity contribution in [2.45, 2.75) is 45.3 Å². The van der Waals surface area contributed by atoms with Crippen LogP contribution in [-0.4, -0.2) is 37.4 Å². The number of aliphatic hydroxyl groups excluding tert-OH is 1. The van der Waals surface area contributed by atoms with Gasteiger partial charge in [-0.2, -0.15) is 0 Å². The number of nitrogens with zero attached hydrogens (tertiary/aromatic N) is 1. The lowest BCUT2D eigenvalue weighted by Gasteiger charge is -2.27. The van der Waals surface area contributed by atoms with Crippen LogP contribution in [0.25, 0.3) is 0 Å². The number of urea groups is 1. The first-order valence-electron chi connectivity index (χ1n) is 8.13.